The minimum atomic E-state index is 0.833. The fourth-order valence-electron chi connectivity index (χ4n) is 0. The van der Waals surface area contributed by atoms with Crippen LogP contribution in [0.2, 0.25) is 0 Å². The standard InChI is InChI=1S/C4H10.C4H8.C4H10.C4H8/c2*1-4(2)3;2*1-3-4-2/h4H,1-3H3;1H2,2-3H3;3-4H2,1-2H3;3H,1,4H2,2H3. The molecule has 0 rings (SSSR count). The maximum atomic E-state index is 3.56. The maximum Gasteiger partial charge on any atom is -0.0382 e. The van der Waals surface area contributed by atoms with E-state index in [0.29, 0.717) is 0 Å². The summed E-state index contributed by atoms with van der Waals surface area (Å²) in [5.41, 5.74) is 1.17. The molecule has 0 unspecified atom stereocenters. The third kappa shape index (κ3) is 959. The third-order valence-corrected chi connectivity index (χ3v) is 0.789. The lowest BCUT2D eigenvalue weighted by molar-refractivity contribution is 0.737. The second kappa shape index (κ2) is 29.3. The van der Waals surface area contributed by atoms with Crippen LogP contribution in [0.5, 0.6) is 0 Å². The van der Waals surface area contributed by atoms with Crippen LogP contribution in [-0.4, -0.2) is 0 Å². The van der Waals surface area contributed by atoms with Crippen LogP contribution in [0.15, 0.2) is 24.8 Å². The lowest BCUT2D eigenvalue weighted by Crippen LogP contribution is -1.66. The largest absolute Gasteiger partial charge is 0.103 e. The van der Waals surface area contributed by atoms with Crippen molar-refractivity contribution in [3.63, 3.8) is 0 Å². The summed E-state index contributed by atoms with van der Waals surface area (Å²) in [6.07, 6.45) is 5.60. The Morgan fingerprint density at radius 3 is 1.12 bits per heavy atom. The summed E-state index contributed by atoms with van der Waals surface area (Å²) in [4.78, 5) is 0. The van der Waals surface area contributed by atoms with E-state index in [-0.39, 0.29) is 0 Å². The quantitative estimate of drug-likeness (QED) is 0.465. The molecule has 0 spiro atoms. The van der Waals surface area contributed by atoms with E-state index in [2.05, 4.69) is 54.7 Å². The van der Waals surface area contributed by atoms with Crippen LogP contribution in [0, 0.1) is 5.92 Å². The number of allylic oxidation sites excluding steroid dienone is 2. The first-order valence-electron chi connectivity index (χ1n) is 6.52. The van der Waals surface area contributed by atoms with Crippen molar-refractivity contribution in [1.29, 1.82) is 0 Å². The maximum absolute atomic E-state index is 3.56. The van der Waals surface area contributed by atoms with Crippen molar-refractivity contribution in [2.75, 3.05) is 0 Å². The van der Waals surface area contributed by atoms with Gasteiger partial charge in [0.2, 0.25) is 0 Å². The van der Waals surface area contributed by atoms with Gasteiger partial charge < -0.3 is 0 Å². The molecule has 0 aliphatic heterocycles. The van der Waals surface area contributed by atoms with Crippen LogP contribution in [0.1, 0.15) is 74.7 Å². The van der Waals surface area contributed by atoms with Gasteiger partial charge in [-0.1, -0.05) is 66.0 Å². The summed E-state index contributed by atoms with van der Waals surface area (Å²) in [6.45, 7) is 23.9. The predicted octanol–water partition coefficient (Wildman–Crippen LogP) is 6.63. The minimum absolute atomic E-state index is 0.833. The molecule has 100 valence electrons. The monoisotopic (exact) mass is 228 g/mol. The summed E-state index contributed by atoms with van der Waals surface area (Å²) in [6, 6.07) is 0. The van der Waals surface area contributed by atoms with E-state index < -0.39 is 0 Å². The van der Waals surface area contributed by atoms with E-state index in [4.69, 9.17) is 0 Å². The van der Waals surface area contributed by atoms with E-state index in [9.17, 15) is 0 Å². The van der Waals surface area contributed by atoms with Crippen molar-refractivity contribution in [2.45, 2.75) is 74.7 Å². The second-order valence-electron chi connectivity index (χ2n) is 4.64. The summed E-state index contributed by atoms with van der Waals surface area (Å²) in [5.74, 6) is 0.833. The lowest BCUT2D eigenvalue weighted by atomic mass is 10.3. The van der Waals surface area contributed by atoms with Gasteiger partial charge in [0.1, 0.15) is 0 Å². The molecule has 0 bridgehead atoms. The number of hydrogen-bond donors (Lipinski definition) is 0. The van der Waals surface area contributed by atoms with Gasteiger partial charge in [-0.2, -0.15) is 0 Å². The molecule has 0 saturated heterocycles. The van der Waals surface area contributed by atoms with Gasteiger partial charge in [-0.15, -0.1) is 13.2 Å². The Labute approximate surface area is 106 Å². The van der Waals surface area contributed by atoms with Gasteiger partial charge in [0.25, 0.3) is 0 Å². The van der Waals surface area contributed by atoms with Crippen LogP contribution < -0.4 is 0 Å². The van der Waals surface area contributed by atoms with Crippen LogP contribution in [-0.2, 0) is 0 Å². The van der Waals surface area contributed by atoms with Gasteiger partial charge in [0.15, 0.2) is 0 Å². The highest BCUT2D eigenvalue weighted by molar-refractivity contribution is 4.78. The predicted molar refractivity (Wildman–Crippen MR) is 82.1 cm³/mol. The van der Waals surface area contributed by atoms with Crippen molar-refractivity contribution in [1.82, 2.24) is 0 Å². The third-order valence-electron chi connectivity index (χ3n) is 0.789. The van der Waals surface area contributed by atoms with Gasteiger partial charge in [0, 0.05) is 0 Å². The summed E-state index contributed by atoms with van der Waals surface area (Å²) in [7, 11) is 0. The molecule has 0 N–H and O–H groups in total. The molecule has 0 atom stereocenters. The highest BCUT2D eigenvalue weighted by atomic mass is 13.7. The molecule has 0 aromatic heterocycles. The zero-order valence-corrected chi connectivity index (χ0v) is 13.2. The lowest BCUT2D eigenvalue weighted by Gasteiger charge is -1.79. The van der Waals surface area contributed by atoms with E-state index >= 15 is 0 Å². The molecule has 0 fully saturated rings. The molecular formula is C16H36. The Bertz CT molecular complexity index is 100. The van der Waals surface area contributed by atoms with Crippen LogP contribution >= 0.6 is 0 Å². The number of rotatable bonds is 2. The van der Waals surface area contributed by atoms with Crippen LogP contribution in [0.25, 0.3) is 0 Å². The summed E-state index contributed by atoms with van der Waals surface area (Å²) in [5, 5.41) is 0. The Morgan fingerprint density at radius 2 is 1.12 bits per heavy atom. The van der Waals surface area contributed by atoms with Gasteiger partial charge >= 0.3 is 0 Å². The highest BCUT2D eigenvalue weighted by Gasteiger charge is 1.68. The van der Waals surface area contributed by atoms with Crippen molar-refractivity contribution in [3.05, 3.63) is 24.8 Å². The van der Waals surface area contributed by atoms with Gasteiger partial charge in [0.05, 0.1) is 0 Å². The van der Waals surface area contributed by atoms with Crippen molar-refractivity contribution in [3.8, 4) is 0 Å². The molecule has 0 aromatic rings. The molecule has 16 heavy (non-hydrogen) atoms. The molecule has 0 radical (unpaired) electrons. The first-order valence-corrected chi connectivity index (χ1v) is 6.52. The van der Waals surface area contributed by atoms with E-state index in [1.807, 2.05) is 19.9 Å². The zero-order chi connectivity index (χ0) is 14.0. The smallest absolute Gasteiger partial charge is 0.0382 e. The topological polar surface area (TPSA) is 0 Å². The molecule has 0 heterocycles. The van der Waals surface area contributed by atoms with Crippen molar-refractivity contribution in [2.24, 2.45) is 5.92 Å². The molecule has 0 heteroatoms. The Balaban J connectivity index is -0.0000000600. The fraction of sp³-hybridized carbons (Fsp3) is 0.750. The van der Waals surface area contributed by atoms with Gasteiger partial charge in [-0.3, -0.25) is 0 Å². The molecule has 0 aliphatic rings. The Kier molecular flexibility index (Phi) is 45.1. The summed E-state index contributed by atoms with van der Waals surface area (Å²) >= 11 is 0. The second-order valence-corrected chi connectivity index (χ2v) is 4.64. The molecule has 0 amide bonds. The zero-order valence-electron chi connectivity index (χ0n) is 13.2. The number of unbranched alkanes of at least 4 members (excludes halogenated alkanes) is 1. The molecule has 0 aromatic carbocycles. The average Bonchev–Trinajstić information content (AvgIpc) is 2.16. The van der Waals surface area contributed by atoms with Crippen molar-refractivity contribution < 1.29 is 0 Å². The normalized spacial score (nSPS) is 7.31. The first kappa shape index (κ1) is 24.6. The Hall–Kier alpha value is -0.520. The molecule has 0 saturated carbocycles. The van der Waals surface area contributed by atoms with E-state index in [0.717, 1.165) is 12.3 Å². The van der Waals surface area contributed by atoms with E-state index in [1.54, 1.807) is 0 Å². The summed E-state index contributed by atoms with van der Waals surface area (Å²) < 4.78 is 0. The first-order chi connectivity index (χ1) is 7.29. The minimum Gasteiger partial charge on any atom is -0.103 e. The molecular weight excluding hydrogens is 192 g/mol. The van der Waals surface area contributed by atoms with Gasteiger partial charge in [-0.05, 0) is 26.2 Å². The van der Waals surface area contributed by atoms with Crippen LogP contribution in [0.3, 0.4) is 0 Å². The van der Waals surface area contributed by atoms with Crippen LogP contribution in [0.4, 0.5) is 0 Å². The highest BCUT2D eigenvalue weighted by Crippen LogP contribution is 1.81. The van der Waals surface area contributed by atoms with E-state index in [1.165, 1.54) is 18.4 Å². The Morgan fingerprint density at radius 1 is 1.00 bits per heavy atom. The number of hydrogen-bond acceptors (Lipinski definition) is 0. The average molecular weight is 228 g/mol. The molecule has 0 nitrogen and oxygen atoms in total. The van der Waals surface area contributed by atoms with Gasteiger partial charge in [-0.25, -0.2) is 0 Å². The fourth-order valence-corrected chi connectivity index (χ4v) is 0. The molecule has 0 aliphatic carbocycles. The van der Waals surface area contributed by atoms with Crippen molar-refractivity contribution >= 4 is 0 Å². The SMILES string of the molecule is C=C(C)C.C=CCC.CC(C)C.CCCC.